The number of hydrogen-bond acceptors (Lipinski definition) is 6. The largest absolute Gasteiger partial charge is 0.462 e. The van der Waals surface area contributed by atoms with E-state index >= 15 is 0 Å². The number of unbranched alkanes of at least 4 members (excludes halogenated alkanes) is 33. The maximum absolute atomic E-state index is 12.8. The van der Waals surface area contributed by atoms with Gasteiger partial charge in [0.2, 0.25) is 0 Å². The van der Waals surface area contributed by atoms with Gasteiger partial charge in [0.25, 0.3) is 0 Å². The van der Waals surface area contributed by atoms with E-state index in [0.29, 0.717) is 19.3 Å². The lowest BCUT2D eigenvalue weighted by Crippen LogP contribution is -2.30. The van der Waals surface area contributed by atoms with Crippen LogP contribution in [0.4, 0.5) is 0 Å². The molecule has 0 aromatic rings. The monoisotopic (exact) mass is 805 g/mol. The summed E-state index contributed by atoms with van der Waals surface area (Å²) in [7, 11) is 0. The minimum atomic E-state index is -0.765. The number of ether oxygens (including phenoxy) is 3. The van der Waals surface area contributed by atoms with E-state index in [1.807, 2.05) is 0 Å². The van der Waals surface area contributed by atoms with E-state index in [2.05, 4.69) is 32.9 Å². The van der Waals surface area contributed by atoms with Crippen molar-refractivity contribution < 1.29 is 28.6 Å². The molecule has 6 heteroatoms. The highest BCUT2D eigenvalue weighted by Gasteiger charge is 2.19. The Morgan fingerprint density at radius 2 is 0.579 bits per heavy atom. The SMILES string of the molecule is CCCCCC/C=C\CCCCCCCC(=O)OCC(COC(=O)CCCCCCCCCCCCCCC)OC(=O)CCCCCCCCCCCCCCC. The molecule has 0 aliphatic rings. The average molecular weight is 805 g/mol. The lowest BCUT2D eigenvalue weighted by molar-refractivity contribution is -0.167. The maximum atomic E-state index is 12.8. The zero-order chi connectivity index (χ0) is 41.5. The number of esters is 3. The van der Waals surface area contributed by atoms with E-state index in [9.17, 15) is 14.4 Å². The van der Waals surface area contributed by atoms with Crippen molar-refractivity contribution >= 4 is 17.9 Å². The van der Waals surface area contributed by atoms with E-state index in [1.54, 1.807) is 0 Å². The molecule has 0 aliphatic carbocycles. The Hall–Kier alpha value is -1.85. The molecule has 6 nitrogen and oxygen atoms in total. The molecule has 0 rings (SSSR count). The Kier molecular flexibility index (Phi) is 45.3. The first-order chi connectivity index (χ1) is 28.0. The summed E-state index contributed by atoms with van der Waals surface area (Å²) in [6, 6.07) is 0. The third-order valence-corrected chi connectivity index (χ3v) is 11.3. The highest BCUT2D eigenvalue weighted by molar-refractivity contribution is 5.71. The molecule has 0 amide bonds. The van der Waals surface area contributed by atoms with Crippen molar-refractivity contribution in [3.8, 4) is 0 Å². The first kappa shape index (κ1) is 55.2. The number of allylic oxidation sites excluding steroid dienone is 2. The summed E-state index contributed by atoms with van der Waals surface area (Å²) in [5.41, 5.74) is 0. The Balaban J connectivity index is 4.34. The van der Waals surface area contributed by atoms with Gasteiger partial charge in [-0.3, -0.25) is 14.4 Å². The molecule has 0 aliphatic heterocycles. The lowest BCUT2D eigenvalue weighted by atomic mass is 10.0. The van der Waals surface area contributed by atoms with Gasteiger partial charge in [0.05, 0.1) is 0 Å². The normalized spacial score (nSPS) is 12.0. The van der Waals surface area contributed by atoms with Crippen molar-refractivity contribution in [2.75, 3.05) is 13.2 Å². The quantitative estimate of drug-likeness (QED) is 0.0264. The minimum Gasteiger partial charge on any atom is -0.462 e. The first-order valence-corrected chi connectivity index (χ1v) is 25.2. The van der Waals surface area contributed by atoms with Gasteiger partial charge < -0.3 is 14.2 Å². The second-order valence-electron chi connectivity index (χ2n) is 17.1. The predicted octanol–water partition coefficient (Wildman–Crippen LogP) is 16.2. The summed E-state index contributed by atoms with van der Waals surface area (Å²) < 4.78 is 16.8. The highest BCUT2D eigenvalue weighted by atomic mass is 16.6. The van der Waals surface area contributed by atoms with Crippen LogP contribution in [0.5, 0.6) is 0 Å². The van der Waals surface area contributed by atoms with Gasteiger partial charge in [-0.1, -0.05) is 226 Å². The van der Waals surface area contributed by atoms with Crippen LogP contribution >= 0.6 is 0 Å². The predicted molar refractivity (Wildman–Crippen MR) is 243 cm³/mol. The number of carbonyl (C=O) groups excluding carboxylic acids is 3. The molecule has 0 radical (unpaired) electrons. The fourth-order valence-electron chi connectivity index (χ4n) is 7.44. The van der Waals surface area contributed by atoms with Crippen molar-refractivity contribution in [3.05, 3.63) is 12.2 Å². The van der Waals surface area contributed by atoms with Crippen LogP contribution in [0.1, 0.15) is 278 Å². The summed E-state index contributed by atoms with van der Waals surface area (Å²) in [5.74, 6) is -0.862. The molecule has 0 fully saturated rings. The molecule has 0 aromatic heterocycles. The van der Waals surface area contributed by atoms with Gasteiger partial charge in [0, 0.05) is 19.3 Å². The molecular weight excluding hydrogens is 709 g/mol. The molecule has 57 heavy (non-hydrogen) atoms. The molecule has 0 saturated heterocycles. The third kappa shape index (κ3) is 45.1. The van der Waals surface area contributed by atoms with Gasteiger partial charge in [-0.25, -0.2) is 0 Å². The highest BCUT2D eigenvalue weighted by Crippen LogP contribution is 2.16. The van der Waals surface area contributed by atoms with Crippen LogP contribution in [0.2, 0.25) is 0 Å². The van der Waals surface area contributed by atoms with Crippen LogP contribution in [0.3, 0.4) is 0 Å². The standard InChI is InChI=1S/C51H96O6/c1-4-7-10-13-16-19-22-25-28-31-34-37-40-43-49(52)55-46-48(57-51(54)45-42-39-36-33-30-27-24-21-18-15-12-9-6-3)47-56-50(53)44-41-38-35-32-29-26-23-20-17-14-11-8-5-2/h19,22,48H,4-18,20-21,23-47H2,1-3H3/b22-19-. The van der Waals surface area contributed by atoms with E-state index < -0.39 is 6.10 Å². The summed E-state index contributed by atoms with van der Waals surface area (Å²) in [4.78, 5) is 37.9. The average Bonchev–Trinajstić information content (AvgIpc) is 3.21. The van der Waals surface area contributed by atoms with Gasteiger partial charge in [0.1, 0.15) is 13.2 Å². The van der Waals surface area contributed by atoms with Crippen molar-refractivity contribution in [3.63, 3.8) is 0 Å². The summed E-state index contributed by atoms with van der Waals surface area (Å²) in [6.07, 6.45) is 50.4. The number of carbonyl (C=O) groups is 3. The van der Waals surface area contributed by atoms with Crippen LogP contribution in [-0.2, 0) is 28.6 Å². The van der Waals surface area contributed by atoms with E-state index in [1.165, 1.54) is 173 Å². The minimum absolute atomic E-state index is 0.0674. The smallest absolute Gasteiger partial charge is 0.306 e. The van der Waals surface area contributed by atoms with Gasteiger partial charge >= 0.3 is 17.9 Å². The maximum Gasteiger partial charge on any atom is 0.306 e. The van der Waals surface area contributed by atoms with Crippen LogP contribution in [0.15, 0.2) is 12.2 Å². The zero-order valence-corrected chi connectivity index (χ0v) is 38.4. The summed E-state index contributed by atoms with van der Waals surface area (Å²) in [6.45, 7) is 6.64. The topological polar surface area (TPSA) is 78.9 Å². The second-order valence-corrected chi connectivity index (χ2v) is 17.1. The van der Waals surface area contributed by atoms with Crippen LogP contribution < -0.4 is 0 Å². The molecule has 0 bridgehead atoms. The van der Waals surface area contributed by atoms with E-state index in [-0.39, 0.29) is 31.1 Å². The van der Waals surface area contributed by atoms with Gasteiger partial charge in [-0.05, 0) is 44.9 Å². The van der Waals surface area contributed by atoms with E-state index in [4.69, 9.17) is 14.2 Å². The van der Waals surface area contributed by atoms with Crippen molar-refractivity contribution in [1.29, 1.82) is 0 Å². The molecule has 0 heterocycles. The van der Waals surface area contributed by atoms with Crippen LogP contribution in [0.25, 0.3) is 0 Å². The number of rotatable bonds is 46. The lowest BCUT2D eigenvalue weighted by Gasteiger charge is -2.18. The Bertz CT molecular complexity index is 885. The molecule has 1 atom stereocenters. The molecule has 0 saturated carbocycles. The molecule has 336 valence electrons. The first-order valence-electron chi connectivity index (χ1n) is 25.2. The summed E-state index contributed by atoms with van der Waals surface area (Å²) >= 11 is 0. The van der Waals surface area contributed by atoms with Crippen molar-refractivity contribution in [1.82, 2.24) is 0 Å². The Labute approximate surface area is 354 Å². The fraction of sp³-hybridized carbons (Fsp3) is 0.902. The van der Waals surface area contributed by atoms with Crippen molar-refractivity contribution in [2.45, 2.75) is 284 Å². The zero-order valence-electron chi connectivity index (χ0n) is 38.4. The van der Waals surface area contributed by atoms with Gasteiger partial charge in [-0.15, -0.1) is 0 Å². The molecule has 0 aromatic carbocycles. The molecule has 1 unspecified atom stereocenters. The Morgan fingerprint density at radius 1 is 0.333 bits per heavy atom. The second kappa shape index (κ2) is 46.8. The van der Waals surface area contributed by atoms with Crippen LogP contribution in [-0.4, -0.2) is 37.2 Å². The summed E-state index contributed by atoms with van der Waals surface area (Å²) in [5, 5.41) is 0. The Morgan fingerprint density at radius 3 is 0.895 bits per heavy atom. The van der Waals surface area contributed by atoms with E-state index in [0.717, 1.165) is 64.2 Å². The van der Waals surface area contributed by atoms with Gasteiger partial charge in [0.15, 0.2) is 6.10 Å². The van der Waals surface area contributed by atoms with Crippen LogP contribution in [0, 0.1) is 0 Å². The van der Waals surface area contributed by atoms with Crippen molar-refractivity contribution in [2.24, 2.45) is 0 Å². The third-order valence-electron chi connectivity index (χ3n) is 11.3. The fourth-order valence-corrected chi connectivity index (χ4v) is 7.44. The molecular formula is C51H96O6. The molecule has 0 spiro atoms. The molecule has 0 N–H and O–H groups in total. The number of hydrogen-bond donors (Lipinski definition) is 0. The van der Waals surface area contributed by atoms with Gasteiger partial charge in [-0.2, -0.15) is 0 Å².